The first-order valence-electron chi connectivity index (χ1n) is 15.9. The molecule has 4 unspecified atom stereocenters. The normalized spacial score (nSPS) is 27.3. The molecule has 0 bridgehead atoms. The molecule has 3 N–H and O–H groups in total. The molecule has 6 heterocycles. The maximum Gasteiger partial charge on any atom is 0.186 e. The molecular formula is C32H39N9O2S. The second kappa shape index (κ2) is 9.99. The van der Waals surface area contributed by atoms with Gasteiger partial charge in [0.05, 0.1) is 40.7 Å². The first-order chi connectivity index (χ1) is 21.3. The fourth-order valence-electron chi connectivity index (χ4n) is 8.58. The van der Waals surface area contributed by atoms with Crippen LogP contribution < -0.4 is 10.6 Å². The number of hydrogen-bond donors (Lipinski definition) is 2. The van der Waals surface area contributed by atoms with Crippen molar-refractivity contribution in [2.45, 2.75) is 94.7 Å². The van der Waals surface area contributed by atoms with Gasteiger partial charge < -0.3 is 25.2 Å². The topological polar surface area (TPSA) is 146 Å². The number of aryl methyl sites for hydroxylation is 1. The Morgan fingerprint density at radius 2 is 2.02 bits per heavy atom. The van der Waals surface area contributed by atoms with Gasteiger partial charge in [-0.1, -0.05) is 5.16 Å². The molecule has 4 aromatic rings. The van der Waals surface area contributed by atoms with Crippen LogP contribution in [0, 0.1) is 11.3 Å². The second-order valence-corrected chi connectivity index (χ2v) is 14.7. The van der Waals surface area contributed by atoms with Crippen LogP contribution in [0.4, 0.5) is 10.8 Å². The Kier molecular flexibility index (Phi) is 6.35. The van der Waals surface area contributed by atoms with Gasteiger partial charge in [0.25, 0.3) is 0 Å². The highest BCUT2D eigenvalue weighted by Crippen LogP contribution is 2.55. The number of nitrogens with two attached hydrogens (primary N) is 1. The van der Waals surface area contributed by atoms with E-state index in [0.717, 1.165) is 98.2 Å². The summed E-state index contributed by atoms with van der Waals surface area (Å²) < 4.78 is 8.37. The number of anilines is 2. The molecule has 1 spiro atoms. The summed E-state index contributed by atoms with van der Waals surface area (Å²) in [4.78, 5) is 16.2. The zero-order valence-electron chi connectivity index (χ0n) is 25.6. The van der Waals surface area contributed by atoms with Crippen molar-refractivity contribution in [2.75, 3.05) is 37.4 Å². The molecule has 2 aliphatic carbocycles. The summed E-state index contributed by atoms with van der Waals surface area (Å²) in [7, 11) is 2.19. The van der Waals surface area contributed by atoms with Crippen molar-refractivity contribution in [2.24, 2.45) is 0 Å². The highest BCUT2D eigenvalue weighted by molar-refractivity contribution is 7.16. The Morgan fingerprint density at radius 1 is 1.20 bits per heavy atom. The van der Waals surface area contributed by atoms with Crippen molar-refractivity contribution in [3.63, 3.8) is 0 Å². The number of aliphatic hydroxyl groups is 1. The van der Waals surface area contributed by atoms with E-state index in [0.29, 0.717) is 28.1 Å². The summed E-state index contributed by atoms with van der Waals surface area (Å²) in [5.74, 6) is 2.15. The van der Waals surface area contributed by atoms with E-state index in [9.17, 15) is 10.4 Å². The molecule has 4 aliphatic rings. The molecule has 4 atom stereocenters. The predicted octanol–water partition coefficient (Wildman–Crippen LogP) is 4.57. The third-order valence-corrected chi connectivity index (χ3v) is 12.2. The third-order valence-electron chi connectivity index (χ3n) is 11.1. The van der Waals surface area contributed by atoms with Gasteiger partial charge in [0, 0.05) is 23.0 Å². The molecule has 12 heteroatoms. The summed E-state index contributed by atoms with van der Waals surface area (Å²) in [5, 5.41) is 31.5. The molecule has 4 aromatic heterocycles. The zero-order chi connectivity index (χ0) is 30.4. The molecule has 2 aliphatic heterocycles. The quantitative estimate of drug-likeness (QED) is 0.328. The zero-order valence-corrected chi connectivity index (χ0v) is 26.5. The fraction of sp³-hybridized carbons (Fsp3) is 0.594. The molecule has 0 saturated carbocycles. The monoisotopic (exact) mass is 613 g/mol. The summed E-state index contributed by atoms with van der Waals surface area (Å²) in [6, 6.07) is 2.91. The minimum Gasteiger partial charge on any atom is -0.394 e. The lowest BCUT2D eigenvalue weighted by Gasteiger charge is -2.50. The molecule has 11 nitrogen and oxygen atoms in total. The molecule has 230 valence electrons. The van der Waals surface area contributed by atoms with Crippen LogP contribution in [0.2, 0.25) is 0 Å². The van der Waals surface area contributed by atoms with Crippen molar-refractivity contribution in [3.05, 3.63) is 33.5 Å². The molecule has 0 radical (unpaired) electrons. The fourth-order valence-corrected chi connectivity index (χ4v) is 9.74. The largest absolute Gasteiger partial charge is 0.394 e. The Balaban J connectivity index is 1.30. The average Bonchev–Trinajstić information content (AvgIpc) is 3.81. The van der Waals surface area contributed by atoms with Crippen LogP contribution in [0.15, 0.2) is 10.7 Å². The minimum atomic E-state index is -0.408. The van der Waals surface area contributed by atoms with E-state index >= 15 is 0 Å². The number of hydrogen-bond acceptors (Lipinski definition) is 11. The van der Waals surface area contributed by atoms with E-state index in [1.807, 2.05) is 6.20 Å². The van der Waals surface area contributed by atoms with Gasteiger partial charge in [0.15, 0.2) is 22.9 Å². The van der Waals surface area contributed by atoms with Gasteiger partial charge in [-0.25, -0.2) is 14.6 Å². The maximum absolute atomic E-state index is 10.3. The van der Waals surface area contributed by atoms with E-state index in [4.69, 9.17) is 30.5 Å². The molecule has 44 heavy (non-hydrogen) atoms. The standard InChI is InChI=1S/C32H39N9O2S/c1-18(22-8-6-13-39(22)3)41-30-21(16-35-41)29(40-14-12-31(40,2)17-42)36-28(37-30)25-19-7-4-10-32(26(19)43-38-25)11-5-9-23-24(32)20(15-33)27(34)44-23/h16,18,22,42H,4-14,17,34H2,1-3H3. The SMILES string of the molecule is CC(C1CCCN1C)n1ncc2c(N3CCC3(C)CO)nc(-c3noc4c3CCCC43CCCc4sc(N)c(C#N)c43)nc21. The summed E-state index contributed by atoms with van der Waals surface area (Å²) in [6.45, 7) is 6.23. The van der Waals surface area contributed by atoms with Gasteiger partial charge in [-0.2, -0.15) is 10.4 Å². The summed E-state index contributed by atoms with van der Waals surface area (Å²) in [5.41, 5.74) is 9.71. The number of likely N-dealkylation sites (N-methyl/N-ethyl adjacent to an activating group) is 1. The van der Waals surface area contributed by atoms with Crippen LogP contribution in [0.25, 0.3) is 22.6 Å². The van der Waals surface area contributed by atoms with E-state index < -0.39 is 11.0 Å². The van der Waals surface area contributed by atoms with E-state index in [-0.39, 0.29) is 12.6 Å². The smallest absolute Gasteiger partial charge is 0.186 e. The van der Waals surface area contributed by atoms with Crippen molar-refractivity contribution in [1.82, 2.24) is 29.8 Å². The van der Waals surface area contributed by atoms with E-state index in [1.54, 1.807) is 11.3 Å². The number of rotatable bonds is 5. The number of aromatic nitrogens is 5. The molecule has 2 saturated heterocycles. The number of nitriles is 1. The number of likely N-dealkylation sites (tertiary alicyclic amines) is 1. The Morgan fingerprint density at radius 3 is 2.73 bits per heavy atom. The van der Waals surface area contributed by atoms with Crippen LogP contribution in [-0.2, 0) is 18.3 Å². The van der Waals surface area contributed by atoms with Crippen LogP contribution >= 0.6 is 11.3 Å². The van der Waals surface area contributed by atoms with E-state index in [1.165, 1.54) is 11.3 Å². The molecule has 0 aromatic carbocycles. The third kappa shape index (κ3) is 3.78. The summed E-state index contributed by atoms with van der Waals surface area (Å²) in [6.07, 6.45) is 10.6. The van der Waals surface area contributed by atoms with Crippen LogP contribution in [0.3, 0.4) is 0 Å². The van der Waals surface area contributed by atoms with Crippen LogP contribution in [0.1, 0.15) is 92.2 Å². The van der Waals surface area contributed by atoms with Crippen molar-refractivity contribution in [1.29, 1.82) is 5.26 Å². The Labute approximate surface area is 260 Å². The van der Waals surface area contributed by atoms with Gasteiger partial charge in [0.2, 0.25) is 0 Å². The highest BCUT2D eigenvalue weighted by atomic mass is 32.1. The Hall–Kier alpha value is -3.53. The van der Waals surface area contributed by atoms with Crippen molar-refractivity contribution < 1.29 is 9.63 Å². The number of nitrogens with zero attached hydrogens (tertiary/aromatic N) is 8. The molecule has 0 amide bonds. The second-order valence-electron chi connectivity index (χ2n) is 13.6. The van der Waals surface area contributed by atoms with Crippen molar-refractivity contribution >= 4 is 33.2 Å². The predicted molar refractivity (Wildman–Crippen MR) is 169 cm³/mol. The first kappa shape index (κ1) is 28.0. The van der Waals surface area contributed by atoms with Gasteiger partial charge >= 0.3 is 0 Å². The minimum absolute atomic E-state index is 0.0421. The van der Waals surface area contributed by atoms with Gasteiger partial charge in [0.1, 0.15) is 16.9 Å². The average molecular weight is 614 g/mol. The summed E-state index contributed by atoms with van der Waals surface area (Å²) >= 11 is 1.55. The van der Waals surface area contributed by atoms with Crippen LogP contribution in [0.5, 0.6) is 0 Å². The van der Waals surface area contributed by atoms with Gasteiger partial charge in [-0.3, -0.25) is 0 Å². The Bertz CT molecular complexity index is 1810. The molecule has 8 rings (SSSR count). The van der Waals surface area contributed by atoms with E-state index in [2.05, 4.69) is 41.4 Å². The number of nitrogen functional groups attached to an aromatic ring is 1. The molecular weight excluding hydrogens is 574 g/mol. The lowest BCUT2D eigenvalue weighted by Crippen LogP contribution is -2.61. The van der Waals surface area contributed by atoms with Crippen LogP contribution in [-0.4, -0.2) is 73.2 Å². The first-order valence-corrected chi connectivity index (χ1v) is 16.8. The lowest BCUT2D eigenvalue weighted by atomic mass is 9.63. The van der Waals surface area contributed by atoms with Gasteiger partial charge in [-0.15, -0.1) is 11.3 Å². The maximum atomic E-state index is 10.3. The highest BCUT2D eigenvalue weighted by Gasteiger charge is 2.49. The van der Waals surface area contributed by atoms with Gasteiger partial charge in [-0.05, 0) is 90.8 Å². The number of aliphatic hydroxyl groups excluding tert-OH is 1. The number of fused-ring (bicyclic) bond motifs is 5. The molecule has 2 fully saturated rings. The lowest BCUT2D eigenvalue weighted by molar-refractivity contribution is 0.153. The van der Waals surface area contributed by atoms with Crippen molar-refractivity contribution in [3.8, 4) is 17.6 Å². The number of thiophene rings is 1.